The van der Waals surface area contributed by atoms with E-state index in [1.54, 1.807) is 23.2 Å². The summed E-state index contributed by atoms with van der Waals surface area (Å²) in [5.41, 5.74) is 2.17. The Morgan fingerprint density at radius 1 is 1.33 bits per heavy atom. The van der Waals surface area contributed by atoms with Gasteiger partial charge >= 0.3 is 0 Å². The fourth-order valence-corrected chi connectivity index (χ4v) is 2.92. The molecule has 0 radical (unpaired) electrons. The monoisotopic (exact) mass is 367 g/mol. The molecule has 2 N–H and O–H groups in total. The molecule has 1 aliphatic carbocycles. The van der Waals surface area contributed by atoms with Crippen molar-refractivity contribution in [3.05, 3.63) is 53.4 Å². The number of aromatic nitrogens is 4. The maximum absolute atomic E-state index is 12.8. The number of carbonyl (C=O) groups excluding carboxylic acids is 1. The van der Waals surface area contributed by atoms with Crippen LogP contribution in [0.25, 0.3) is 11.4 Å². The zero-order valence-corrected chi connectivity index (χ0v) is 15.1. The number of rotatable bonds is 7. The van der Waals surface area contributed by atoms with Crippen LogP contribution in [-0.4, -0.2) is 49.2 Å². The molecule has 27 heavy (non-hydrogen) atoms. The summed E-state index contributed by atoms with van der Waals surface area (Å²) in [5.74, 6) is 2.27. The Hall–Kier alpha value is -3.00. The van der Waals surface area contributed by atoms with Gasteiger partial charge in [0.25, 0.3) is 5.91 Å². The normalized spacial score (nSPS) is 13.7. The van der Waals surface area contributed by atoms with E-state index in [0.717, 1.165) is 29.9 Å². The number of amides is 1. The van der Waals surface area contributed by atoms with Gasteiger partial charge in [-0.3, -0.25) is 4.79 Å². The molecule has 4 rings (SSSR count). The number of nitrogens with one attached hydrogen (secondary N) is 1. The van der Waals surface area contributed by atoms with Crippen LogP contribution in [0.3, 0.4) is 0 Å². The largest absolute Gasteiger partial charge is 0.395 e. The van der Waals surface area contributed by atoms with Crippen molar-refractivity contribution in [2.45, 2.75) is 32.2 Å². The molecular formula is C19H21N5O3. The van der Waals surface area contributed by atoms with Gasteiger partial charge in [0.15, 0.2) is 0 Å². The van der Waals surface area contributed by atoms with Crippen molar-refractivity contribution in [1.29, 1.82) is 0 Å². The number of H-pyrrole nitrogens is 1. The topological polar surface area (TPSA) is 108 Å². The summed E-state index contributed by atoms with van der Waals surface area (Å²) in [6.45, 7) is 2.35. The first-order valence-corrected chi connectivity index (χ1v) is 8.98. The maximum atomic E-state index is 12.8. The van der Waals surface area contributed by atoms with Crippen molar-refractivity contribution < 1.29 is 14.4 Å². The van der Waals surface area contributed by atoms with Gasteiger partial charge < -0.3 is 19.5 Å². The van der Waals surface area contributed by atoms with Gasteiger partial charge in [0, 0.05) is 23.6 Å². The van der Waals surface area contributed by atoms with E-state index in [2.05, 4.69) is 20.1 Å². The summed E-state index contributed by atoms with van der Waals surface area (Å²) in [5, 5.41) is 13.3. The highest BCUT2D eigenvalue weighted by atomic mass is 16.5. The van der Waals surface area contributed by atoms with Crippen LogP contribution in [0, 0.1) is 6.92 Å². The van der Waals surface area contributed by atoms with E-state index >= 15 is 0 Å². The average Bonchev–Trinajstić information content (AvgIpc) is 3.27. The molecule has 8 heteroatoms. The third-order valence-electron chi connectivity index (χ3n) is 4.53. The molecule has 0 aliphatic heterocycles. The summed E-state index contributed by atoms with van der Waals surface area (Å²) in [6.07, 6.45) is 3.90. The first kappa shape index (κ1) is 17.4. The summed E-state index contributed by atoms with van der Waals surface area (Å²) in [7, 11) is 0. The number of hydrogen-bond acceptors (Lipinski definition) is 6. The minimum atomic E-state index is -0.158. The molecule has 1 aliphatic rings. The first-order chi connectivity index (χ1) is 13.1. The van der Waals surface area contributed by atoms with E-state index in [9.17, 15) is 9.90 Å². The van der Waals surface area contributed by atoms with Gasteiger partial charge in [-0.15, -0.1) is 0 Å². The van der Waals surface area contributed by atoms with Crippen molar-refractivity contribution in [3.63, 3.8) is 0 Å². The summed E-state index contributed by atoms with van der Waals surface area (Å²) < 4.78 is 5.29. The molecule has 1 fully saturated rings. The van der Waals surface area contributed by atoms with Crippen molar-refractivity contribution in [3.8, 4) is 11.4 Å². The van der Waals surface area contributed by atoms with Crippen LogP contribution in [-0.2, 0) is 6.54 Å². The Morgan fingerprint density at radius 2 is 2.11 bits per heavy atom. The Kier molecular flexibility index (Phi) is 4.72. The molecule has 3 aromatic rings. The van der Waals surface area contributed by atoms with Crippen LogP contribution in [0.15, 0.2) is 35.0 Å². The highest BCUT2D eigenvalue weighted by molar-refractivity contribution is 5.94. The van der Waals surface area contributed by atoms with E-state index in [-0.39, 0.29) is 19.1 Å². The number of nitrogens with zero attached hydrogens (tertiary/aromatic N) is 4. The quantitative estimate of drug-likeness (QED) is 0.663. The molecule has 0 saturated heterocycles. The summed E-state index contributed by atoms with van der Waals surface area (Å²) in [4.78, 5) is 26.1. The summed E-state index contributed by atoms with van der Waals surface area (Å²) >= 11 is 0. The smallest absolute Gasteiger partial charge is 0.254 e. The lowest BCUT2D eigenvalue weighted by Gasteiger charge is -2.21. The zero-order valence-electron chi connectivity index (χ0n) is 15.1. The Morgan fingerprint density at radius 3 is 2.74 bits per heavy atom. The van der Waals surface area contributed by atoms with Crippen LogP contribution in [0.1, 0.15) is 46.5 Å². The molecule has 140 valence electrons. The average molecular weight is 367 g/mol. The van der Waals surface area contributed by atoms with Crippen LogP contribution in [0.2, 0.25) is 0 Å². The number of aromatic amines is 1. The molecule has 1 aromatic carbocycles. The van der Waals surface area contributed by atoms with E-state index in [4.69, 9.17) is 4.52 Å². The number of carbonyl (C=O) groups is 1. The van der Waals surface area contributed by atoms with Gasteiger partial charge in [-0.05, 0) is 31.9 Å². The van der Waals surface area contributed by atoms with E-state index in [1.165, 1.54) is 0 Å². The number of aryl methyl sites for hydroxylation is 1. The number of imidazole rings is 1. The molecular weight excluding hydrogens is 346 g/mol. The molecule has 1 saturated carbocycles. The second-order valence-electron chi connectivity index (χ2n) is 6.75. The van der Waals surface area contributed by atoms with Crippen molar-refractivity contribution in [2.24, 2.45) is 0 Å². The fraction of sp³-hybridized carbons (Fsp3) is 0.368. The fourth-order valence-electron chi connectivity index (χ4n) is 2.92. The zero-order chi connectivity index (χ0) is 18.8. The van der Waals surface area contributed by atoms with Gasteiger partial charge in [0.1, 0.15) is 5.82 Å². The molecule has 0 spiro atoms. The van der Waals surface area contributed by atoms with Crippen LogP contribution >= 0.6 is 0 Å². The number of hydrogen-bond donors (Lipinski definition) is 2. The minimum Gasteiger partial charge on any atom is -0.395 e. The Balaban J connectivity index is 1.49. The standard InChI is InChI=1S/C19H21N5O3/c1-12-20-10-16(21-12)11-24(8-9-25)19(26)15-6-2-13(3-7-15)17-22-18(27-23-17)14-4-5-14/h2-3,6-7,10,14,25H,4-5,8-9,11H2,1H3,(H,20,21). The number of aliphatic hydroxyl groups is 1. The molecule has 0 bridgehead atoms. The van der Waals surface area contributed by atoms with Crippen molar-refractivity contribution in [1.82, 2.24) is 25.0 Å². The molecule has 1 amide bonds. The second-order valence-corrected chi connectivity index (χ2v) is 6.75. The van der Waals surface area contributed by atoms with Crippen LogP contribution in [0.4, 0.5) is 0 Å². The molecule has 2 aromatic heterocycles. The second kappa shape index (κ2) is 7.32. The summed E-state index contributed by atoms with van der Waals surface area (Å²) in [6, 6.07) is 7.11. The Bertz CT molecular complexity index is 927. The predicted molar refractivity (Wildman–Crippen MR) is 96.9 cm³/mol. The SMILES string of the molecule is Cc1ncc(CN(CCO)C(=O)c2ccc(-c3noc(C4CC4)n3)cc2)[nH]1. The predicted octanol–water partition coefficient (Wildman–Crippen LogP) is 2.28. The third kappa shape index (κ3) is 3.90. The van der Waals surface area contributed by atoms with Gasteiger partial charge in [0.2, 0.25) is 11.7 Å². The van der Waals surface area contributed by atoms with E-state index in [0.29, 0.717) is 29.7 Å². The molecule has 2 heterocycles. The van der Waals surface area contributed by atoms with Crippen LogP contribution in [0.5, 0.6) is 0 Å². The van der Waals surface area contributed by atoms with Gasteiger partial charge in [-0.2, -0.15) is 4.98 Å². The van der Waals surface area contributed by atoms with Crippen molar-refractivity contribution >= 4 is 5.91 Å². The van der Waals surface area contributed by atoms with Crippen LogP contribution < -0.4 is 0 Å². The minimum absolute atomic E-state index is 0.107. The number of aliphatic hydroxyl groups excluding tert-OH is 1. The lowest BCUT2D eigenvalue weighted by Crippen LogP contribution is -2.33. The molecule has 8 nitrogen and oxygen atoms in total. The van der Waals surface area contributed by atoms with Gasteiger partial charge in [-0.25, -0.2) is 4.98 Å². The number of benzene rings is 1. The van der Waals surface area contributed by atoms with E-state index in [1.807, 2.05) is 19.1 Å². The molecule has 0 atom stereocenters. The molecule has 0 unspecified atom stereocenters. The van der Waals surface area contributed by atoms with Crippen molar-refractivity contribution in [2.75, 3.05) is 13.2 Å². The highest BCUT2D eigenvalue weighted by Crippen LogP contribution is 2.39. The first-order valence-electron chi connectivity index (χ1n) is 8.98. The third-order valence-corrected chi connectivity index (χ3v) is 4.53. The lowest BCUT2D eigenvalue weighted by atomic mass is 10.1. The maximum Gasteiger partial charge on any atom is 0.254 e. The Labute approximate surface area is 156 Å². The van der Waals surface area contributed by atoms with Gasteiger partial charge in [-0.1, -0.05) is 17.3 Å². The van der Waals surface area contributed by atoms with E-state index < -0.39 is 0 Å². The van der Waals surface area contributed by atoms with Gasteiger partial charge in [0.05, 0.1) is 25.0 Å². The lowest BCUT2D eigenvalue weighted by molar-refractivity contribution is 0.0705. The highest BCUT2D eigenvalue weighted by Gasteiger charge is 2.29.